The van der Waals surface area contributed by atoms with Crippen molar-refractivity contribution >= 4 is 34.8 Å². The summed E-state index contributed by atoms with van der Waals surface area (Å²) in [4.78, 5) is 27.1. The summed E-state index contributed by atoms with van der Waals surface area (Å²) >= 11 is 7.28. The maximum atomic E-state index is 12.1. The minimum atomic E-state index is -0.931. The van der Waals surface area contributed by atoms with Crippen LogP contribution in [0.2, 0.25) is 4.34 Å². The Morgan fingerprint density at radius 3 is 2.45 bits per heavy atom. The van der Waals surface area contributed by atoms with E-state index >= 15 is 0 Å². The molecule has 0 saturated heterocycles. The van der Waals surface area contributed by atoms with E-state index in [1.165, 1.54) is 11.3 Å². The van der Waals surface area contributed by atoms with Crippen molar-refractivity contribution in [1.29, 1.82) is 0 Å². The van der Waals surface area contributed by atoms with Gasteiger partial charge < -0.3 is 10.0 Å². The van der Waals surface area contributed by atoms with Crippen molar-refractivity contribution in [3.63, 3.8) is 0 Å². The van der Waals surface area contributed by atoms with Crippen LogP contribution in [0.15, 0.2) is 12.1 Å². The van der Waals surface area contributed by atoms with Crippen molar-refractivity contribution in [3.8, 4) is 0 Å². The van der Waals surface area contributed by atoms with Gasteiger partial charge in [-0.25, -0.2) is 0 Å². The van der Waals surface area contributed by atoms with Gasteiger partial charge in [-0.1, -0.05) is 11.6 Å². The van der Waals surface area contributed by atoms with Crippen LogP contribution in [0.5, 0.6) is 0 Å². The van der Waals surface area contributed by atoms with Gasteiger partial charge in [-0.2, -0.15) is 0 Å². The number of rotatable bonds is 7. The smallest absolute Gasteiger partial charge is 0.317 e. The van der Waals surface area contributed by atoms with Gasteiger partial charge in [0.2, 0.25) is 5.91 Å². The molecular formula is C13H19ClN2O3S. The zero-order valence-electron chi connectivity index (χ0n) is 11.8. The lowest BCUT2D eigenvalue weighted by atomic mass is 10.3. The number of hydrogen-bond donors (Lipinski definition) is 1. The molecule has 0 bridgehead atoms. The van der Waals surface area contributed by atoms with E-state index in [0.717, 1.165) is 4.88 Å². The Morgan fingerprint density at radius 1 is 1.35 bits per heavy atom. The molecule has 0 aromatic carbocycles. The lowest BCUT2D eigenvalue weighted by Crippen LogP contribution is -2.43. The van der Waals surface area contributed by atoms with Gasteiger partial charge in [-0.15, -0.1) is 11.3 Å². The van der Waals surface area contributed by atoms with Crippen LogP contribution < -0.4 is 0 Å². The Kier molecular flexibility index (Phi) is 6.45. The SMILES string of the molecule is CC(C)N(CC(=O)O)CC(=O)N(C)Cc1ccc(Cl)s1. The van der Waals surface area contributed by atoms with E-state index in [2.05, 4.69) is 0 Å². The highest BCUT2D eigenvalue weighted by Crippen LogP contribution is 2.22. The van der Waals surface area contributed by atoms with Gasteiger partial charge in [0.1, 0.15) is 0 Å². The summed E-state index contributed by atoms with van der Waals surface area (Å²) in [6.45, 7) is 4.18. The zero-order chi connectivity index (χ0) is 15.3. The van der Waals surface area contributed by atoms with Gasteiger partial charge in [-0.05, 0) is 26.0 Å². The molecule has 0 saturated carbocycles. The molecule has 7 heteroatoms. The molecule has 1 heterocycles. The van der Waals surface area contributed by atoms with Gasteiger partial charge >= 0.3 is 5.97 Å². The van der Waals surface area contributed by atoms with Gasteiger partial charge in [-0.3, -0.25) is 14.5 Å². The Bertz CT molecular complexity index is 476. The van der Waals surface area contributed by atoms with Gasteiger partial charge in [0.05, 0.1) is 24.0 Å². The second-order valence-corrected chi connectivity index (χ2v) is 6.65. The minimum absolute atomic E-state index is 0.000341. The monoisotopic (exact) mass is 318 g/mol. The molecule has 1 amide bonds. The summed E-state index contributed by atoms with van der Waals surface area (Å²) in [7, 11) is 1.70. The number of thiophene rings is 1. The fourth-order valence-electron chi connectivity index (χ4n) is 1.65. The average Bonchev–Trinajstić information content (AvgIpc) is 2.72. The predicted octanol–water partition coefficient (Wildman–Crippen LogP) is 2.15. The summed E-state index contributed by atoms with van der Waals surface area (Å²) in [5.74, 6) is -1.04. The van der Waals surface area contributed by atoms with Crippen LogP contribution in [-0.2, 0) is 16.1 Å². The Morgan fingerprint density at radius 2 is 2.00 bits per heavy atom. The Hall–Kier alpha value is -1.11. The first-order chi connectivity index (χ1) is 9.29. The average molecular weight is 319 g/mol. The summed E-state index contributed by atoms with van der Waals surface area (Å²) in [6.07, 6.45) is 0. The van der Waals surface area contributed by atoms with Crippen LogP contribution in [0.1, 0.15) is 18.7 Å². The van der Waals surface area contributed by atoms with E-state index in [1.807, 2.05) is 19.9 Å². The third kappa shape index (κ3) is 5.48. The second kappa shape index (κ2) is 7.61. The first-order valence-electron chi connectivity index (χ1n) is 6.23. The van der Waals surface area contributed by atoms with E-state index < -0.39 is 5.97 Å². The molecule has 1 aromatic heterocycles. The van der Waals surface area contributed by atoms with Crippen LogP contribution in [0.4, 0.5) is 0 Å². The molecule has 0 aliphatic rings. The number of carbonyl (C=O) groups excluding carboxylic acids is 1. The molecule has 0 atom stereocenters. The van der Waals surface area contributed by atoms with E-state index in [4.69, 9.17) is 16.7 Å². The number of halogens is 1. The van der Waals surface area contributed by atoms with Gasteiger partial charge in [0.25, 0.3) is 0 Å². The molecule has 0 spiro atoms. The fraction of sp³-hybridized carbons (Fsp3) is 0.538. The molecule has 0 aliphatic heterocycles. The Balaban J connectivity index is 2.57. The van der Waals surface area contributed by atoms with Crippen LogP contribution in [-0.4, -0.2) is 53.0 Å². The van der Waals surface area contributed by atoms with Crippen molar-refractivity contribution in [2.75, 3.05) is 20.1 Å². The number of carboxylic acid groups (broad SMARTS) is 1. The normalized spacial score (nSPS) is 11.1. The van der Waals surface area contributed by atoms with Crippen molar-refractivity contribution in [2.45, 2.75) is 26.4 Å². The summed E-state index contributed by atoms with van der Waals surface area (Å²) in [6, 6.07) is 3.68. The Labute approximate surface area is 127 Å². The lowest BCUT2D eigenvalue weighted by Gasteiger charge is -2.26. The van der Waals surface area contributed by atoms with Crippen LogP contribution in [0, 0.1) is 0 Å². The molecule has 1 rings (SSSR count). The quantitative estimate of drug-likeness (QED) is 0.837. The molecule has 1 aromatic rings. The molecule has 20 heavy (non-hydrogen) atoms. The van der Waals surface area contributed by atoms with E-state index in [-0.39, 0.29) is 25.0 Å². The predicted molar refractivity (Wildman–Crippen MR) is 80.1 cm³/mol. The lowest BCUT2D eigenvalue weighted by molar-refractivity contribution is -0.140. The molecule has 0 radical (unpaired) electrons. The number of likely N-dealkylation sites (N-methyl/N-ethyl adjacent to an activating group) is 1. The molecule has 5 nitrogen and oxygen atoms in total. The molecule has 0 fully saturated rings. The van der Waals surface area contributed by atoms with Crippen LogP contribution in [0.25, 0.3) is 0 Å². The molecule has 0 aliphatic carbocycles. The highest BCUT2D eigenvalue weighted by molar-refractivity contribution is 7.16. The number of hydrogen-bond acceptors (Lipinski definition) is 4. The molecule has 112 valence electrons. The van der Waals surface area contributed by atoms with E-state index in [1.54, 1.807) is 22.9 Å². The van der Waals surface area contributed by atoms with E-state index in [0.29, 0.717) is 10.9 Å². The van der Waals surface area contributed by atoms with E-state index in [9.17, 15) is 9.59 Å². The van der Waals surface area contributed by atoms with Crippen molar-refractivity contribution < 1.29 is 14.7 Å². The topological polar surface area (TPSA) is 60.9 Å². The van der Waals surface area contributed by atoms with Gasteiger partial charge in [0, 0.05) is 18.0 Å². The number of aliphatic carboxylic acids is 1. The highest BCUT2D eigenvalue weighted by atomic mass is 35.5. The minimum Gasteiger partial charge on any atom is -0.480 e. The van der Waals surface area contributed by atoms with Crippen molar-refractivity contribution in [2.24, 2.45) is 0 Å². The molecule has 0 unspecified atom stereocenters. The standard InChI is InChI=1S/C13H19ClN2O3S/c1-9(2)16(8-13(18)19)7-12(17)15(3)6-10-4-5-11(14)20-10/h4-5,9H,6-8H2,1-3H3,(H,18,19). The maximum Gasteiger partial charge on any atom is 0.317 e. The molecule has 1 N–H and O–H groups in total. The summed E-state index contributed by atoms with van der Waals surface area (Å²) in [5.41, 5.74) is 0. The summed E-state index contributed by atoms with van der Waals surface area (Å²) in [5, 5.41) is 8.84. The second-order valence-electron chi connectivity index (χ2n) is 4.85. The molecular weight excluding hydrogens is 300 g/mol. The van der Waals surface area contributed by atoms with Crippen LogP contribution >= 0.6 is 22.9 Å². The summed E-state index contributed by atoms with van der Waals surface area (Å²) < 4.78 is 0.690. The van der Waals surface area contributed by atoms with Crippen molar-refractivity contribution in [1.82, 2.24) is 9.80 Å². The first kappa shape index (κ1) is 16.9. The number of carboxylic acids is 1. The first-order valence-corrected chi connectivity index (χ1v) is 7.43. The number of carbonyl (C=O) groups is 2. The van der Waals surface area contributed by atoms with Crippen LogP contribution in [0.3, 0.4) is 0 Å². The fourth-order valence-corrected chi connectivity index (χ4v) is 2.79. The van der Waals surface area contributed by atoms with Gasteiger partial charge in [0.15, 0.2) is 0 Å². The third-order valence-corrected chi connectivity index (χ3v) is 4.07. The highest BCUT2D eigenvalue weighted by Gasteiger charge is 2.19. The third-order valence-electron chi connectivity index (χ3n) is 2.85. The van der Waals surface area contributed by atoms with Crippen molar-refractivity contribution in [3.05, 3.63) is 21.3 Å². The maximum absolute atomic E-state index is 12.1. The number of amides is 1. The number of nitrogens with zero attached hydrogens (tertiary/aromatic N) is 2. The zero-order valence-corrected chi connectivity index (χ0v) is 13.4. The largest absolute Gasteiger partial charge is 0.480 e.